The summed E-state index contributed by atoms with van der Waals surface area (Å²) < 4.78 is 110. The van der Waals surface area contributed by atoms with Gasteiger partial charge in [0.1, 0.15) is 22.2 Å². The molecule has 14 heteroatoms. The van der Waals surface area contributed by atoms with Gasteiger partial charge in [-0.05, 0) is 18.2 Å². The number of aromatic nitrogens is 2. The number of hydrogen-bond acceptors (Lipinski definition) is 6. The fraction of sp³-hybridized carbons (Fsp3) is 0.188. The lowest BCUT2D eigenvalue weighted by Crippen LogP contribution is -2.36. The molecule has 0 fully saturated rings. The molecule has 0 spiro atoms. The molecule has 4 rings (SSSR count). The predicted molar refractivity (Wildman–Crippen MR) is 88.7 cm³/mol. The summed E-state index contributed by atoms with van der Waals surface area (Å²) in [5.74, 6) is -1.49. The van der Waals surface area contributed by atoms with Gasteiger partial charge < -0.3 is 4.74 Å². The van der Waals surface area contributed by atoms with Crippen LogP contribution in [0.1, 0.15) is 5.56 Å². The summed E-state index contributed by atoms with van der Waals surface area (Å²) in [5.41, 5.74) is -7.58. The van der Waals surface area contributed by atoms with E-state index in [1.54, 1.807) is 0 Å². The second-order valence-electron chi connectivity index (χ2n) is 6.33. The van der Waals surface area contributed by atoms with Gasteiger partial charge in [-0.1, -0.05) is 0 Å². The third-order valence-electron chi connectivity index (χ3n) is 4.41. The number of ether oxygens (including phenoxy) is 1. The highest BCUT2D eigenvalue weighted by molar-refractivity contribution is 7.92. The fourth-order valence-corrected chi connectivity index (χ4v) is 4.04. The smallest absolute Gasteiger partial charge is 0.456 e. The van der Waals surface area contributed by atoms with Crippen molar-refractivity contribution in [2.45, 2.75) is 22.9 Å². The van der Waals surface area contributed by atoms with Crippen LogP contribution in [0.25, 0.3) is 10.9 Å². The molecule has 0 saturated heterocycles. The zero-order valence-electron chi connectivity index (χ0n) is 14.3. The number of rotatable bonds is 3. The van der Waals surface area contributed by atoms with Crippen molar-refractivity contribution in [1.82, 2.24) is 10.2 Å². The number of nitrogens with one attached hydrogen (secondary N) is 1. The quantitative estimate of drug-likeness (QED) is 0.458. The van der Waals surface area contributed by atoms with Crippen LogP contribution in [0.2, 0.25) is 0 Å². The summed E-state index contributed by atoms with van der Waals surface area (Å²) in [7, 11) is -6.07. The highest BCUT2D eigenvalue weighted by Gasteiger charge is 2.54. The van der Waals surface area contributed by atoms with E-state index in [9.17, 15) is 40.0 Å². The number of alkyl halides is 5. The van der Waals surface area contributed by atoms with Gasteiger partial charge in [-0.3, -0.25) is 10.3 Å². The average Bonchev–Trinajstić information content (AvgIpc) is 3.17. The Balaban J connectivity index is 1.91. The minimum absolute atomic E-state index is 0.187. The first-order valence-corrected chi connectivity index (χ1v) is 9.46. The van der Waals surface area contributed by atoms with Crippen LogP contribution in [0.15, 0.2) is 35.4 Å². The van der Waals surface area contributed by atoms with Gasteiger partial charge in [-0.15, -0.1) is 0 Å². The maximum absolute atomic E-state index is 14.1. The Morgan fingerprint density at radius 1 is 1.20 bits per heavy atom. The number of anilines is 1. The average molecular weight is 453 g/mol. The van der Waals surface area contributed by atoms with Gasteiger partial charge in [-0.2, -0.15) is 32.1 Å². The number of benzene rings is 2. The summed E-state index contributed by atoms with van der Waals surface area (Å²) in [5, 5.41) is 15.2. The molecule has 7 nitrogen and oxygen atoms in total. The second kappa shape index (κ2) is 6.25. The van der Waals surface area contributed by atoms with Gasteiger partial charge in [-0.25, -0.2) is 12.8 Å². The van der Waals surface area contributed by atoms with Crippen molar-refractivity contribution in [2.75, 3.05) is 5.06 Å². The molecule has 1 aliphatic heterocycles. The van der Waals surface area contributed by atoms with Crippen molar-refractivity contribution in [3.63, 3.8) is 0 Å². The number of hydroxylamine groups is 1. The van der Waals surface area contributed by atoms with Crippen molar-refractivity contribution < 1.29 is 44.7 Å². The molecule has 1 aliphatic rings. The van der Waals surface area contributed by atoms with Crippen molar-refractivity contribution in [1.29, 1.82) is 0 Å². The highest BCUT2D eigenvalue weighted by atomic mass is 32.2. The summed E-state index contributed by atoms with van der Waals surface area (Å²) in [6, 6.07) is -1.04. The van der Waals surface area contributed by atoms with Crippen LogP contribution < -0.4 is 9.80 Å². The van der Waals surface area contributed by atoms with Crippen LogP contribution in [0.5, 0.6) is 11.5 Å². The molecule has 2 N–H and O–H groups in total. The van der Waals surface area contributed by atoms with Gasteiger partial charge in [0, 0.05) is 11.6 Å². The van der Waals surface area contributed by atoms with Gasteiger partial charge in [0.05, 0.1) is 29.2 Å². The number of hydrogen-bond donors (Lipinski definition) is 2. The Kier molecular flexibility index (Phi) is 4.22. The topological polar surface area (TPSA) is 95.5 Å². The second-order valence-corrected chi connectivity index (χ2v) is 8.24. The summed E-state index contributed by atoms with van der Waals surface area (Å²) >= 11 is 0. The molecule has 0 aliphatic carbocycles. The number of nitrogens with zero attached hydrogens (tertiary/aromatic N) is 2. The lowest BCUT2D eigenvalue weighted by molar-refractivity contribution is -0.0617. The van der Waals surface area contributed by atoms with Gasteiger partial charge in [0.25, 0.3) is 9.84 Å². The maximum atomic E-state index is 14.1. The maximum Gasteiger partial charge on any atom is 0.501 e. The van der Waals surface area contributed by atoms with E-state index in [0.29, 0.717) is 6.07 Å². The van der Waals surface area contributed by atoms with Crippen LogP contribution in [-0.2, 0) is 16.3 Å². The van der Waals surface area contributed by atoms with E-state index in [1.165, 1.54) is 6.20 Å². The monoisotopic (exact) mass is 453 g/mol. The third-order valence-corrected chi connectivity index (χ3v) is 5.93. The Morgan fingerprint density at radius 2 is 1.90 bits per heavy atom. The normalized spacial score (nSPS) is 16.2. The Bertz CT molecular complexity index is 1270. The molecule has 0 bridgehead atoms. The molecule has 0 saturated carbocycles. The van der Waals surface area contributed by atoms with E-state index >= 15 is 0 Å². The Morgan fingerprint density at radius 3 is 2.57 bits per heavy atom. The highest BCUT2D eigenvalue weighted by Crippen LogP contribution is 2.50. The molecule has 3 aromatic rings. The molecule has 1 aromatic heterocycles. The number of H-pyrrole nitrogens is 1. The van der Waals surface area contributed by atoms with E-state index in [4.69, 9.17) is 4.74 Å². The largest absolute Gasteiger partial charge is 0.501 e. The van der Waals surface area contributed by atoms with Crippen molar-refractivity contribution in [2.24, 2.45) is 0 Å². The Labute approximate surface area is 163 Å². The zero-order chi connectivity index (χ0) is 22.1. The Hall–Kier alpha value is -3.00. The minimum atomic E-state index is -6.07. The first-order valence-electron chi connectivity index (χ1n) is 7.97. The standard InChI is InChI=1S/C16H9F6N3O4S/c17-7-3-10-9(6-23-24-10)12(4-7)29-11-1-2-13(30(27,28)16(20,21)22)14-8(11)5-15(18,19)25(14)26/h1-4,6,26H,5H2,(H,23,24). The molecule has 160 valence electrons. The molecule has 2 aromatic carbocycles. The molecule has 30 heavy (non-hydrogen) atoms. The van der Waals surface area contributed by atoms with Crippen LogP contribution in [0, 0.1) is 5.82 Å². The van der Waals surface area contributed by atoms with Gasteiger partial charge in [0.15, 0.2) is 0 Å². The number of halogens is 6. The van der Waals surface area contributed by atoms with Crippen molar-refractivity contribution >= 4 is 26.4 Å². The number of fused-ring (bicyclic) bond motifs is 2. The number of aromatic amines is 1. The van der Waals surface area contributed by atoms with Crippen molar-refractivity contribution in [3.05, 3.63) is 41.8 Å². The van der Waals surface area contributed by atoms with Crippen molar-refractivity contribution in [3.8, 4) is 11.5 Å². The van der Waals surface area contributed by atoms with E-state index in [0.717, 1.165) is 18.2 Å². The molecule has 0 radical (unpaired) electrons. The lowest BCUT2D eigenvalue weighted by Gasteiger charge is -2.21. The predicted octanol–water partition coefficient (Wildman–Crippen LogP) is 4.13. The van der Waals surface area contributed by atoms with E-state index in [1.807, 2.05) is 0 Å². The first kappa shape index (κ1) is 20.3. The van der Waals surface area contributed by atoms with E-state index in [2.05, 4.69) is 10.2 Å². The van der Waals surface area contributed by atoms with Gasteiger partial charge >= 0.3 is 11.6 Å². The van der Waals surface area contributed by atoms with Crippen LogP contribution in [-0.4, -0.2) is 35.4 Å². The number of sulfone groups is 1. The molecular formula is C16H9F6N3O4S. The molecule has 2 heterocycles. The minimum Gasteiger partial charge on any atom is -0.456 e. The van der Waals surface area contributed by atoms with E-state index in [-0.39, 0.29) is 16.7 Å². The SMILES string of the molecule is O=S(=O)(c1ccc(Oc2cc(F)cc3[nH]ncc23)c2c1N(O)C(F)(F)C2)C(F)(F)F. The molecular weight excluding hydrogens is 444 g/mol. The van der Waals surface area contributed by atoms with E-state index < -0.39 is 60.6 Å². The summed E-state index contributed by atoms with van der Waals surface area (Å²) in [6.45, 7) is 0. The zero-order valence-corrected chi connectivity index (χ0v) is 15.2. The fourth-order valence-electron chi connectivity index (χ4n) is 3.08. The lowest BCUT2D eigenvalue weighted by atomic mass is 10.1. The molecule has 0 unspecified atom stereocenters. The summed E-state index contributed by atoms with van der Waals surface area (Å²) in [4.78, 5) is -1.57. The molecule has 0 atom stereocenters. The third kappa shape index (κ3) is 2.94. The summed E-state index contributed by atoms with van der Waals surface area (Å²) in [6.07, 6.45) is -0.112. The van der Waals surface area contributed by atoms with Gasteiger partial charge in [0.2, 0.25) is 0 Å². The first-order chi connectivity index (χ1) is 13.8. The molecule has 0 amide bonds. The van der Waals surface area contributed by atoms with Crippen LogP contribution >= 0.6 is 0 Å². The van der Waals surface area contributed by atoms with Crippen LogP contribution in [0.4, 0.5) is 32.0 Å². The van der Waals surface area contributed by atoms with Crippen LogP contribution in [0.3, 0.4) is 0 Å².